The van der Waals surface area contributed by atoms with Crippen LogP contribution in [0.5, 0.6) is 0 Å². The van der Waals surface area contributed by atoms with Crippen molar-refractivity contribution in [2.24, 2.45) is 0 Å². The molecule has 0 aliphatic heterocycles. The highest BCUT2D eigenvalue weighted by molar-refractivity contribution is 7.90. The number of H-pyrrole nitrogens is 1. The summed E-state index contributed by atoms with van der Waals surface area (Å²) in [5.41, 5.74) is 1.85. The zero-order chi connectivity index (χ0) is 22.1. The number of nitrogens with one attached hydrogen (secondary N) is 2. The van der Waals surface area contributed by atoms with Crippen LogP contribution in [-0.2, 0) is 19.4 Å². The Morgan fingerprint density at radius 1 is 1.27 bits per heavy atom. The Balaban J connectivity index is 2.22. The van der Waals surface area contributed by atoms with Crippen LogP contribution in [0.25, 0.3) is 22.3 Å². The van der Waals surface area contributed by atoms with Gasteiger partial charge in [0.2, 0.25) is 0 Å². The van der Waals surface area contributed by atoms with E-state index in [4.69, 9.17) is 4.74 Å². The Hall–Kier alpha value is -3.53. The van der Waals surface area contributed by atoms with Gasteiger partial charge in [0.05, 0.1) is 33.8 Å². The molecule has 0 radical (unpaired) electrons. The van der Waals surface area contributed by atoms with Crippen molar-refractivity contribution in [2.75, 3.05) is 18.2 Å². The van der Waals surface area contributed by atoms with Crippen molar-refractivity contribution >= 4 is 38.4 Å². The first-order chi connectivity index (χ1) is 14.1. The van der Waals surface area contributed by atoms with Gasteiger partial charge in [-0.05, 0) is 26.0 Å². The number of anilines is 1. The average molecular weight is 428 g/mol. The number of ether oxygens (including phenoxy) is 1. The molecule has 0 saturated heterocycles. The van der Waals surface area contributed by atoms with E-state index in [-0.39, 0.29) is 28.3 Å². The molecule has 1 amide bonds. The number of rotatable bonds is 6. The molecule has 156 valence electrons. The minimum absolute atomic E-state index is 0.0502. The number of aromatic amines is 1. The van der Waals surface area contributed by atoms with Gasteiger partial charge in [0.25, 0.3) is 5.91 Å². The summed E-state index contributed by atoms with van der Waals surface area (Å²) < 4.78 is 29.4. The predicted molar refractivity (Wildman–Crippen MR) is 112 cm³/mol. The van der Waals surface area contributed by atoms with E-state index in [0.717, 1.165) is 6.26 Å². The quantitative estimate of drug-likeness (QED) is 0.456. The van der Waals surface area contributed by atoms with Crippen LogP contribution in [0.4, 0.5) is 5.69 Å². The second kappa shape index (κ2) is 8.07. The summed E-state index contributed by atoms with van der Waals surface area (Å²) in [5.74, 6) is -1.05. The maximum absolute atomic E-state index is 12.3. The second-order valence-corrected chi connectivity index (χ2v) is 8.57. The first-order valence-corrected chi connectivity index (χ1v) is 10.8. The Morgan fingerprint density at radius 2 is 2.00 bits per heavy atom. The minimum Gasteiger partial charge on any atom is -0.462 e. The van der Waals surface area contributed by atoms with Gasteiger partial charge in [0.15, 0.2) is 9.84 Å². The van der Waals surface area contributed by atoms with Crippen LogP contribution in [0.3, 0.4) is 0 Å². The highest BCUT2D eigenvalue weighted by Crippen LogP contribution is 2.33. The SMILES string of the molecule is C=C(C)C(=O)Nc1cc(-c2ncnc3[nH]cc(C(=O)OCC)c23)ccc1S(C)(=O)=O. The number of carbonyl (C=O) groups is 2. The number of aromatic nitrogens is 3. The van der Waals surface area contributed by atoms with Gasteiger partial charge in [0.1, 0.15) is 12.0 Å². The van der Waals surface area contributed by atoms with Crippen LogP contribution in [0, 0.1) is 0 Å². The maximum Gasteiger partial charge on any atom is 0.340 e. The molecule has 0 aliphatic rings. The van der Waals surface area contributed by atoms with Crippen molar-refractivity contribution in [3.8, 4) is 11.3 Å². The number of carbonyl (C=O) groups excluding carboxylic acids is 2. The third-order valence-electron chi connectivity index (χ3n) is 4.25. The van der Waals surface area contributed by atoms with E-state index >= 15 is 0 Å². The Morgan fingerprint density at radius 3 is 2.63 bits per heavy atom. The van der Waals surface area contributed by atoms with Crippen LogP contribution >= 0.6 is 0 Å². The van der Waals surface area contributed by atoms with E-state index < -0.39 is 21.7 Å². The van der Waals surface area contributed by atoms with Gasteiger partial charge < -0.3 is 15.0 Å². The molecule has 0 fully saturated rings. The lowest BCUT2D eigenvalue weighted by Gasteiger charge is -2.12. The van der Waals surface area contributed by atoms with E-state index in [2.05, 4.69) is 26.8 Å². The summed E-state index contributed by atoms with van der Waals surface area (Å²) in [5, 5.41) is 3.00. The maximum atomic E-state index is 12.3. The summed E-state index contributed by atoms with van der Waals surface area (Å²) in [4.78, 5) is 35.7. The molecule has 3 aromatic rings. The number of benzene rings is 1. The lowest BCUT2D eigenvalue weighted by atomic mass is 10.1. The van der Waals surface area contributed by atoms with Gasteiger partial charge in [-0.15, -0.1) is 0 Å². The van der Waals surface area contributed by atoms with Crippen LogP contribution in [0.15, 0.2) is 47.8 Å². The number of nitrogens with zero attached hydrogens (tertiary/aromatic N) is 2. The third-order valence-corrected chi connectivity index (χ3v) is 5.41. The van der Waals surface area contributed by atoms with Gasteiger partial charge in [-0.3, -0.25) is 4.79 Å². The number of hydrogen-bond donors (Lipinski definition) is 2. The standard InChI is InChI=1S/C20H20N4O5S/c1-5-29-20(26)13-9-21-18-16(13)17(22-10-23-18)12-6-7-15(30(4,27)28)14(8-12)24-19(25)11(2)3/h6-10H,2,5H2,1,3-4H3,(H,24,25)(H,21,22,23). The first kappa shape index (κ1) is 21.2. The number of fused-ring (bicyclic) bond motifs is 1. The smallest absolute Gasteiger partial charge is 0.340 e. The van der Waals surface area contributed by atoms with E-state index in [1.54, 1.807) is 13.0 Å². The minimum atomic E-state index is -3.62. The van der Waals surface area contributed by atoms with E-state index in [1.165, 1.54) is 31.6 Å². The van der Waals surface area contributed by atoms with Crippen molar-refractivity contribution in [1.82, 2.24) is 15.0 Å². The number of esters is 1. The molecule has 9 nitrogen and oxygen atoms in total. The second-order valence-electron chi connectivity index (χ2n) is 6.59. The fraction of sp³-hybridized carbons (Fsp3) is 0.200. The van der Waals surface area contributed by atoms with E-state index in [1.807, 2.05) is 0 Å². The predicted octanol–water partition coefficient (Wildman–Crippen LogP) is 2.72. The summed E-state index contributed by atoms with van der Waals surface area (Å²) >= 11 is 0. The highest BCUT2D eigenvalue weighted by atomic mass is 32.2. The fourth-order valence-corrected chi connectivity index (χ4v) is 3.70. The molecule has 1 aromatic carbocycles. The summed E-state index contributed by atoms with van der Waals surface area (Å²) in [6, 6.07) is 4.42. The van der Waals surface area contributed by atoms with Crippen LogP contribution in [0.2, 0.25) is 0 Å². The Bertz CT molecular complexity index is 1280. The molecule has 0 atom stereocenters. The van der Waals surface area contributed by atoms with Crippen LogP contribution in [0.1, 0.15) is 24.2 Å². The highest BCUT2D eigenvalue weighted by Gasteiger charge is 2.21. The Labute approximate surface area is 173 Å². The third kappa shape index (κ3) is 4.08. The molecule has 0 saturated carbocycles. The normalized spacial score (nSPS) is 11.3. The molecule has 0 spiro atoms. The molecule has 0 bridgehead atoms. The molecular formula is C20H20N4O5S. The molecular weight excluding hydrogens is 408 g/mol. The van der Waals surface area contributed by atoms with Crippen LogP contribution in [-0.4, -0.2) is 48.1 Å². The molecule has 3 rings (SSSR count). The summed E-state index contributed by atoms with van der Waals surface area (Å²) in [7, 11) is -3.62. The van der Waals surface area contributed by atoms with Crippen LogP contribution < -0.4 is 5.32 Å². The van der Waals surface area contributed by atoms with Gasteiger partial charge >= 0.3 is 5.97 Å². The zero-order valence-corrected chi connectivity index (χ0v) is 17.5. The molecule has 2 heterocycles. The molecule has 2 aromatic heterocycles. The number of amides is 1. The van der Waals surface area contributed by atoms with Crippen molar-refractivity contribution in [3.63, 3.8) is 0 Å². The molecule has 0 unspecified atom stereocenters. The van der Waals surface area contributed by atoms with E-state index in [0.29, 0.717) is 22.3 Å². The number of hydrogen-bond acceptors (Lipinski definition) is 7. The molecule has 0 aliphatic carbocycles. The largest absolute Gasteiger partial charge is 0.462 e. The Kier molecular flexibility index (Phi) is 5.70. The van der Waals surface area contributed by atoms with Gasteiger partial charge in [-0.25, -0.2) is 23.2 Å². The van der Waals surface area contributed by atoms with Crippen molar-refractivity contribution in [2.45, 2.75) is 18.7 Å². The van der Waals surface area contributed by atoms with Gasteiger partial charge in [-0.2, -0.15) is 0 Å². The van der Waals surface area contributed by atoms with Crippen molar-refractivity contribution < 1.29 is 22.7 Å². The first-order valence-electron chi connectivity index (χ1n) is 8.94. The fourth-order valence-electron chi connectivity index (χ4n) is 2.88. The van der Waals surface area contributed by atoms with Gasteiger partial charge in [0, 0.05) is 23.6 Å². The van der Waals surface area contributed by atoms with E-state index in [9.17, 15) is 18.0 Å². The van der Waals surface area contributed by atoms with Crippen molar-refractivity contribution in [1.29, 1.82) is 0 Å². The topological polar surface area (TPSA) is 131 Å². The lowest BCUT2D eigenvalue weighted by molar-refractivity contribution is -0.112. The lowest BCUT2D eigenvalue weighted by Crippen LogP contribution is -2.15. The monoisotopic (exact) mass is 428 g/mol. The van der Waals surface area contributed by atoms with Gasteiger partial charge in [-0.1, -0.05) is 12.6 Å². The summed E-state index contributed by atoms with van der Waals surface area (Å²) in [6.45, 7) is 6.98. The molecule has 30 heavy (non-hydrogen) atoms. The molecule has 2 N–H and O–H groups in total. The zero-order valence-electron chi connectivity index (χ0n) is 16.6. The van der Waals surface area contributed by atoms with Crippen molar-refractivity contribution in [3.05, 3.63) is 48.4 Å². The number of sulfone groups is 1. The summed E-state index contributed by atoms with van der Waals surface area (Å²) in [6.07, 6.45) is 3.85. The molecule has 10 heteroatoms. The average Bonchev–Trinajstić information content (AvgIpc) is 3.11.